The second kappa shape index (κ2) is 6.60. The van der Waals surface area contributed by atoms with Crippen molar-refractivity contribution in [2.75, 3.05) is 5.32 Å². The molecule has 1 aromatic carbocycles. The molecule has 0 aliphatic heterocycles. The lowest BCUT2D eigenvalue weighted by atomic mass is 9.88. The van der Waals surface area contributed by atoms with Crippen LogP contribution in [-0.4, -0.2) is 22.0 Å². The lowest BCUT2D eigenvalue weighted by molar-refractivity contribution is -0.136. The van der Waals surface area contributed by atoms with Crippen molar-refractivity contribution < 1.29 is 14.7 Å². The third-order valence-corrected chi connectivity index (χ3v) is 3.40. The molecule has 0 saturated carbocycles. The van der Waals surface area contributed by atoms with Crippen molar-refractivity contribution in [3.8, 4) is 0 Å². The molecule has 0 fully saturated rings. The first-order valence-corrected chi connectivity index (χ1v) is 7.34. The lowest BCUT2D eigenvalue weighted by Crippen LogP contribution is -2.16. The Bertz CT molecular complexity index is 716. The van der Waals surface area contributed by atoms with Crippen LogP contribution in [0.4, 0.5) is 5.69 Å². The van der Waals surface area contributed by atoms with Gasteiger partial charge in [0.2, 0.25) is 0 Å². The highest BCUT2D eigenvalue weighted by Gasteiger charge is 2.15. The Hall–Kier alpha value is -2.69. The summed E-state index contributed by atoms with van der Waals surface area (Å²) in [7, 11) is 0. The summed E-state index contributed by atoms with van der Waals surface area (Å²) >= 11 is 0. The largest absolute Gasteiger partial charge is 0.481 e. The van der Waals surface area contributed by atoms with Crippen LogP contribution in [0.2, 0.25) is 0 Å². The maximum atomic E-state index is 12.2. The minimum atomic E-state index is -0.909. The summed E-state index contributed by atoms with van der Waals surface area (Å²) in [5.41, 5.74) is 2.54. The third-order valence-electron chi connectivity index (χ3n) is 3.40. The van der Waals surface area contributed by atoms with Gasteiger partial charge in [0.1, 0.15) is 5.69 Å². The fraction of sp³-hybridized carbons (Fsp3) is 0.278. The molecule has 1 heterocycles. The number of amides is 1. The van der Waals surface area contributed by atoms with Crippen LogP contribution in [0, 0.1) is 0 Å². The number of anilines is 1. The van der Waals surface area contributed by atoms with E-state index >= 15 is 0 Å². The smallest absolute Gasteiger partial charge is 0.307 e. The number of nitrogens with zero attached hydrogens (tertiary/aromatic N) is 1. The molecule has 0 spiro atoms. The summed E-state index contributed by atoms with van der Waals surface area (Å²) < 4.78 is 0. The van der Waals surface area contributed by atoms with Crippen LogP contribution in [0.15, 0.2) is 42.6 Å². The van der Waals surface area contributed by atoms with Crippen LogP contribution in [0.1, 0.15) is 42.4 Å². The topological polar surface area (TPSA) is 79.3 Å². The first-order valence-electron chi connectivity index (χ1n) is 7.34. The van der Waals surface area contributed by atoms with E-state index in [1.54, 1.807) is 36.5 Å². The number of nitrogens with one attached hydrogen (secondary N) is 1. The summed E-state index contributed by atoms with van der Waals surface area (Å²) in [5, 5.41) is 11.5. The molecule has 0 saturated heterocycles. The monoisotopic (exact) mass is 312 g/mol. The van der Waals surface area contributed by atoms with Gasteiger partial charge in [-0.15, -0.1) is 0 Å². The predicted octanol–water partition coefficient (Wildman–Crippen LogP) is 3.26. The highest BCUT2D eigenvalue weighted by molar-refractivity contribution is 6.02. The number of rotatable bonds is 4. The van der Waals surface area contributed by atoms with Crippen molar-refractivity contribution >= 4 is 17.6 Å². The van der Waals surface area contributed by atoms with Crippen LogP contribution >= 0.6 is 0 Å². The predicted molar refractivity (Wildman–Crippen MR) is 88.7 cm³/mol. The van der Waals surface area contributed by atoms with E-state index in [-0.39, 0.29) is 17.7 Å². The highest BCUT2D eigenvalue weighted by Crippen LogP contribution is 2.21. The summed E-state index contributed by atoms with van der Waals surface area (Å²) in [6.07, 6.45) is 1.62. The van der Waals surface area contributed by atoms with Crippen molar-refractivity contribution in [2.24, 2.45) is 0 Å². The van der Waals surface area contributed by atoms with E-state index in [2.05, 4.69) is 31.1 Å². The first-order chi connectivity index (χ1) is 10.8. The molecule has 2 N–H and O–H groups in total. The fourth-order valence-electron chi connectivity index (χ4n) is 2.10. The number of pyridine rings is 1. The zero-order valence-corrected chi connectivity index (χ0v) is 13.5. The van der Waals surface area contributed by atoms with Gasteiger partial charge in [0.15, 0.2) is 0 Å². The number of hydrogen-bond acceptors (Lipinski definition) is 3. The third kappa shape index (κ3) is 4.64. The fourth-order valence-corrected chi connectivity index (χ4v) is 2.10. The lowest BCUT2D eigenvalue weighted by Gasteiger charge is -2.18. The molecular weight excluding hydrogens is 292 g/mol. The van der Waals surface area contributed by atoms with Crippen LogP contribution in [-0.2, 0) is 16.6 Å². The van der Waals surface area contributed by atoms with E-state index < -0.39 is 5.97 Å². The molecule has 120 valence electrons. The SMILES string of the molecule is CC(C)(C)c1ccc(C(=O)Nc2cccc(CC(=O)O)c2)nc1. The Morgan fingerprint density at radius 3 is 2.48 bits per heavy atom. The summed E-state index contributed by atoms with van der Waals surface area (Å²) in [5.74, 6) is -1.23. The van der Waals surface area contributed by atoms with Gasteiger partial charge in [0.25, 0.3) is 5.91 Å². The number of carbonyl (C=O) groups excluding carboxylic acids is 1. The van der Waals surface area contributed by atoms with Gasteiger partial charge in [0.05, 0.1) is 6.42 Å². The Balaban J connectivity index is 2.11. The van der Waals surface area contributed by atoms with Crippen molar-refractivity contribution in [3.05, 3.63) is 59.4 Å². The highest BCUT2D eigenvalue weighted by atomic mass is 16.4. The quantitative estimate of drug-likeness (QED) is 0.908. The van der Waals surface area contributed by atoms with E-state index in [1.807, 2.05) is 6.07 Å². The maximum Gasteiger partial charge on any atom is 0.307 e. The summed E-state index contributed by atoms with van der Waals surface area (Å²) in [6.45, 7) is 6.24. The molecule has 1 aromatic heterocycles. The second-order valence-corrected chi connectivity index (χ2v) is 6.41. The Labute approximate surface area is 135 Å². The van der Waals surface area contributed by atoms with Gasteiger partial charge in [-0.05, 0) is 34.7 Å². The van der Waals surface area contributed by atoms with Gasteiger partial charge in [-0.25, -0.2) is 0 Å². The molecule has 0 aliphatic carbocycles. The minimum absolute atomic E-state index is 0.0207. The van der Waals surface area contributed by atoms with Gasteiger partial charge in [-0.1, -0.05) is 39.0 Å². The minimum Gasteiger partial charge on any atom is -0.481 e. The normalized spacial score (nSPS) is 11.1. The summed E-state index contributed by atoms with van der Waals surface area (Å²) in [4.78, 5) is 27.2. The maximum absolute atomic E-state index is 12.2. The second-order valence-electron chi connectivity index (χ2n) is 6.41. The average Bonchev–Trinajstić information content (AvgIpc) is 2.46. The van der Waals surface area contributed by atoms with E-state index in [9.17, 15) is 9.59 Å². The molecule has 0 aliphatic rings. The van der Waals surface area contributed by atoms with Crippen LogP contribution in [0.25, 0.3) is 0 Å². The van der Waals surface area contributed by atoms with E-state index in [0.717, 1.165) is 5.56 Å². The van der Waals surface area contributed by atoms with E-state index in [1.165, 1.54) is 0 Å². The number of carbonyl (C=O) groups is 2. The number of carboxylic acid groups (broad SMARTS) is 1. The molecular formula is C18H20N2O3. The zero-order chi connectivity index (χ0) is 17.0. The molecule has 1 amide bonds. The zero-order valence-electron chi connectivity index (χ0n) is 13.5. The van der Waals surface area contributed by atoms with Crippen LogP contribution < -0.4 is 5.32 Å². The molecule has 0 radical (unpaired) electrons. The van der Waals surface area contributed by atoms with Gasteiger partial charge < -0.3 is 10.4 Å². The number of hydrogen-bond donors (Lipinski definition) is 2. The molecule has 23 heavy (non-hydrogen) atoms. The number of aromatic nitrogens is 1. The van der Waals surface area contributed by atoms with Crippen LogP contribution in [0.3, 0.4) is 0 Å². The Kier molecular flexibility index (Phi) is 4.79. The molecule has 5 nitrogen and oxygen atoms in total. The van der Waals surface area contributed by atoms with Gasteiger partial charge in [-0.3, -0.25) is 14.6 Å². The molecule has 0 unspecified atom stereocenters. The molecule has 0 bridgehead atoms. The Morgan fingerprint density at radius 2 is 1.91 bits per heavy atom. The van der Waals surface area contributed by atoms with Gasteiger partial charge in [0, 0.05) is 11.9 Å². The van der Waals surface area contributed by atoms with Crippen molar-refractivity contribution in [1.82, 2.24) is 4.98 Å². The molecule has 0 atom stereocenters. The van der Waals surface area contributed by atoms with Crippen molar-refractivity contribution in [1.29, 1.82) is 0 Å². The average molecular weight is 312 g/mol. The van der Waals surface area contributed by atoms with Crippen molar-refractivity contribution in [2.45, 2.75) is 32.6 Å². The standard InChI is InChI=1S/C18H20N2O3/c1-18(2,3)13-7-8-15(19-11-13)17(23)20-14-6-4-5-12(9-14)10-16(21)22/h4-9,11H,10H2,1-3H3,(H,20,23)(H,21,22). The van der Waals surface area contributed by atoms with E-state index in [0.29, 0.717) is 16.9 Å². The molecule has 5 heteroatoms. The van der Waals surface area contributed by atoms with Crippen LogP contribution in [0.5, 0.6) is 0 Å². The number of aliphatic carboxylic acids is 1. The Morgan fingerprint density at radius 1 is 1.17 bits per heavy atom. The molecule has 2 rings (SSSR count). The molecule has 2 aromatic rings. The van der Waals surface area contributed by atoms with E-state index in [4.69, 9.17) is 5.11 Å². The first kappa shape index (κ1) is 16.7. The van der Waals surface area contributed by atoms with Crippen molar-refractivity contribution in [3.63, 3.8) is 0 Å². The summed E-state index contributed by atoms with van der Waals surface area (Å²) in [6, 6.07) is 10.4. The van der Waals surface area contributed by atoms with Gasteiger partial charge in [-0.2, -0.15) is 0 Å². The number of carboxylic acids is 1. The number of benzene rings is 1. The van der Waals surface area contributed by atoms with Gasteiger partial charge >= 0.3 is 5.97 Å².